The number of carbonyl (C=O) groups excluding carboxylic acids is 2. The van der Waals surface area contributed by atoms with E-state index in [-0.39, 0.29) is 11.8 Å². The number of rotatable bonds is 10. The van der Waals surface area contributed by atoms with Gasteiger partial charge in [0.25, 0.3) is 0 Å². The van der Waals surface area contributed by atoms with Crippen molar-refractivity contribution >= 4 is 17.5 Å². The summed E-state index contributed by atoms with van der Waals surface area (Å²) in [6.07, 6.45) is 7.22. The molecule has 0 atom stereocenters. The van der Waals surface area contributed by atoms with Gasteiger partial charge in [-0.1, -0.05) is 6.07 Å². The van der Waals surface area contributed by atoms with Gasteiger partial charge in [0, 0.05) is 63.6 Å². The number of hydrogen-bond donors (Lipinski definition) is 2. The predicted octanol–water partition coefficient (Wildman–Crippen LogP) is 2.40. The van der Waals surface area contributed by atoms with Crippen molar-refractivity contribution in [3.8, 4) is 0 Å². The van der Waals surface area contributed by atoms with E-state index in [0.29, 0.717) is 24.6 Å². The number of hydrogen-bond acceptors (Lipinski definition) is 5. The Morgan fingerprint density at radius 3 is 2.55 bits per heavy atom. The zero-order valence-electron chi connectivity index (χ0n) is 18.9. The van der Waals surface area contributed by atoms with Crippen molar-refractivity contribution < 1.29 is 14.3 Å². The first-order valence-corrected chi connectivity index (χ1v) is 11.7. The van der Waals surface area contributed by atoms with Crippen molar-refractivity contribution in [2.24, 2.45) is 11.7 Å². The largest absolute Gasteiger partial charge is 0.385 e. The van der Waals surface area contributed by atoms with Gasteiger partial charge in [0.2, 0.25) is 11.8 Å². The summed E-state index contributed by atoms with van der Waals surface area (Å²) in [5, 5.41) is 3.20. The van der Waals surface area contributed by atoms with Crippen LogP contribution in [0.5, 0.6) is 0 Å². The molecule has 172 valence electrons. The van der Waals surface area contributed by atoms with E-state index in [1.807, 2.05) is 12.1 Å². The summed E-state index contributed by atoms with van der Waals surface area (Å²) in [7, 11) is 1.67. The average Bonchev–Trinajstić information content (AvgIpc) is 2.79. The number of methoxy groups -OCH3 is 1. The van der Waals surface area contributed by atoms with Crippen molar-refractivity contribution in [1.82, 2.24) is 10.2 Å². The van der Waals surface area contributed by atoms with Gasteiger partial charge in [-0.3, -0.25) is 14.5 Å². The lowest BCUT2D eigenvalue weighted by Gasteiger charge is -2.37. The van der Waals surface area contributed by atoms with Crippen LogP contribution in [0, 0.1) is 5.92 Å². The van der Waals surface area contributed by atoms with Crippen molar-refractivity contribution in [1.29, 1.82) is 0 Å². The highest BCUT2D eigenvalue weighted by Gasteiger charge is 2.24. The van der Waals surface area contributed by atoms with Crippen LogP contribution in [0.15, 0.2) is 24.3 Å². The molecule has 2 amide bonds. The van der Waals surface area contributed by atoms with Crippen LogP contribution < -0.4 is 16.0 Å². The van der Waals surface area contributed by atoms with Crippen LogP contribution in [0.25, 0.3) is 0 Å². The van der Waals surface area contributed by atoms with Gasteiger partial charge in [-0.25, -0.2) is 0 Å². The van der Waals surface area contributed by atoms with Gasteiger partial charge in [0.05, 0.1) is 0 Å². The Balaban J connectivity index is 1.31. The van der Waals surface area contributed by atoms with E-state index < -0.39 is 0 Å². The molecule has 0 unspecified atom stereocenters. The zero-order valence-corrected chi connectivity index (χ0v) is 18.9. The van der Waals surface area contributed by atoms with Gasteiger partial charge in [0.1, 0.15) is 0 Å². The minimum atomic E-state index is -0.374. The maximum absolute atomic E-state index is 12.0. The average molecular weight is 431 g/mol. The molecule has 1 aromatic carbocycles. The summed E-state index contributed by atoms with van der Waals surface area (Å²) < 4.78 is 5.01. The van der Waals surface area contributed by atoms with Gasteiger partial charge >= 0.3 is 0 Å². The number of piperazine rings is 1. The van der Waals surface area contributed by atoms with Crippen LogP contribution in [-0.2, 0) is 9.53 Å². The van der Waals surface area contributed by atoms with Crippen molar-refractivity contribution in [3.05, 3.63) is 29.8 Å². The topological polar surface area (TPSA) is 87.9 Å². The molecule has 1 saturated carbocycles. The molecule has 7 heteroatoms. The van der Waals surface area contributed by atoms with Crippen molar-refractivity contribution in [2.75, 3.05) is 51.3 Å². The van der Waals surface area contributed by atoms with Gasteiger partial charge < -0.3 is 20.7 Å². The summed E-state index contributed by atoms with van der Waals surface area (Å²) >= 11 is 0. The third-order valence-corrected chi connectivity index (χ3v) is 6.69. The second-order valence-corrected chi connectivity index (χ2v) is 8.91. The maximum Gasteiger partial charge on any atom is 0.248 e. The standard InChI is InChI=1S/C24H38N4O3/c1-31-17-3-6-23(29)26-21-9-7-19(8-10-21)11-12-27-13-15-28(16-14-27)22-5-2-4-20(18-22)24(25)30/h2,4-5,18-19,21H,3,6-17H2,1H3,(H2,25,30)(H,26,29)/t19-,21-. The number of amides is 2. The van der Waals surface area contributed by atoms with E-state index >= 15 is 0 Å². The summed E-state index contributed by atoms with van der Waals surface area (Å²) in [6, 6.07) is 7.97. The normalized spacial score (nSPS) is 22.3. The van der Waals surface area contributed by atoms with Crippen molar-refractivity contribution in [3.63, 3.8) is 0 Å². The third-order valence-electron chi connectivity index (χ3n) is 6.69. The highest BCUT2D eigenvalue weighted by molar-refractivity contribution is 5.93. The highest BCUT2D eigenvalue weighted by Crippen LogP contribution is 2.27. The van der Waals surface area contributed by atoms with Gasteiger partial charge in [0.15, 0.2) is 0 Å². The summed E-state index contributed by atoms with van der Waals surface area (Å²) in [5.41, 5.74) is 7.06. The number of primary amides is 1. The predicted molar refractivity (Wildman–Crippen MR) is 123 cm³/mol. The Hall–Kier alpha value is -2.12. The molecule has 0 bridgehead atoms. The minimum Gasteiger partial charge on any atom is -0.385 e. The number of carbonyl (C=O) groups is 2. The highest BCUT2D eigenvalue weighted by atomic mass is 16.5. The second-order valence-electron chi connectivity index (χ2n) is 8.91. The smallest absolute Gasteiger partial charge is 0.248 e. The van der Waals surface area contributed by atoms with Crippen LogP contribution in [0.2, 0.25) is 0 Å². The molecule has 2 fully saturated rings. The number of nitrogens with one attached hydrogen (secondary N) is 1. The monoisotopic (exact) mass is 430 g/mol. The minimum absolute atomic E-state index is 0.166. The lowest BCUT2D eigenvalue weighted by molar-refractivity contribution is -0.122. The molecule has 31 heavy (non-hydrogen) atoms. The lowest BCUT2D eigenvalue weighted by atomic mass is 9.84. The molecule has 0 radical (unpaired) electrons. The maximum atomic E-state index is 12.0. The van der Waals surface area contributed by atoms with Gasteiger partial charge in [-0.15, -0.1) is 0 Å². The van der Waals surface area contributed by atoms with E-state index in [2.05, 4.69) is 21.2 Å². The summed E-state index contributed by atoms with van der Waals surface area (Å²) in [4.78, 5) is 28.3. The number of anilines is 1. The summed E-state index contributed by atoms with van der Waals surface area (Å²) in [6.45, 7) is 5.84. The Labute approximate surface area is 186 Å². The fourth-order valence-corrected chi connectivity index (χ4v) is 4.72. The fourth-order valence-electron chi connectivity index (χ4n) is 4.72. The molecule has 1 heterocycles. The van der Waals surface area contributed by atoms with E-state index in [9.17, 15) is 9.59 Å². The molecule has 3 rings (SSSR count). The quantitative estimate of drug-likeness (QED) is 0.557. The first-order chi connectivity index (χ1) is 15.0. The Kier molecular flexibility index (Phi) is 9.15. The third kappa shape index (κ3) is 7.51. The SMILES string of the molecule is COCCCC(=O)N[C@H]1CC[C@H](CCN2CCN(c3cccc(C(N)=O)c3)CC2)CC1. The molecular formula is C24H38N4O3. The molecule has 1 aliphatic carbocycles. The zero-order chi connectivity index (χ0) is 22.1. The molecule has 1 aliphatic heterocycles. The Morgan fingerprint density at radius 2 is 1.87 bits per heavy atom. The van der Waals surface area contributed by atoms with Gasteiger partial charge in [-0.2, -0.15) is 0 Å². The Bertz CT molecular complexity index is 711. The summed E-state index contributed by atoms with van der Waals surface area (Å²) in [5.74, 6) is 0.563. The number of nitrogens with zero attached hydrogens (tertiary/aromatic N) is 2. The van der Waals surface area contributed by atoms with E-state index in [4.69, 9.17) is 10.5 Å². The first kappa shape index (κ1) is 23.5. The van der Waals surface area contributed by atoms with Crippen LogP contribution >= 0.6 is 0 Å². The number of nitrogens with two attached hydrogens (primary N) is 1. The Morgan fingerprint density at radius 1 is 1.13 bits per heavy atom. The number of benzene rings is 1. The molecule has 1 aromatic rings. The van der Waals surface area contributed by atoms with Crippen LogP contribution in [0.1, 0.15) is 55.3 Å². The molecule has 1 saturated heterocycles. The van der Waals surface area contributed by atoms with Crippen LogP contribution in [-0.4, -0.2) is 69.2 Å². The molecule has 3 N–H and O–H groups in total. The van der Waals surface area contributed by atoms with Crippen LogP contribution in [0.3, 0.4) is 0 Å². The van der Waals surface area contributed by atoms with Crippen LogP contribution in [0.4, 0.5) is 5.69 Å². The molecular weight excluding hydrogens is 392 g/mol. The van der Waals surface area contributed by atoms with Crippen molar-refractivity contribution in [2.45, 2.75) is 51.0 Å². The van der Waals surface area contributed by atoms with Gasteiger partial charge in [-0.05, 0) is 69.2 Å². The number of ether oxygens (including phenoxy) is 1. The van der Waals surface area contributed by atoms with E-state index in [0.717, 1.165) is 63.6 Å². The molecule has 0 spiro atoms. The van der Waals surface area contributed by atoms with E-state index in [1.165, 1.54) is 19.3 Å². The molecule has 0 aromatic heterocycles. The molecule has 7 nitrogen and oxygen atoms in total. The fraction of sp³-hybridized carbons (Fsp3) is 0.667. The first-order valence-electron chi connectivity index (χ1n) is 11.7. The second kappa shape index (κ2) is 12.1. The van der Waals surface area contributed by atoms with E-state index in [1.54, 1.807) is 13.2 Å². The molecule has 2 aliphatic rings. The lowest BCUT2D eigenvalue weighted by Crippen LogP contribution is -2.47.